The van der Waals surface area contributed by atoms with Crippen LogP contribution in [0.25, 0.3) is 0 Å². The van der Waals surface area contributed by atoms with Gasteiger partial charge in [0.2, 0.25) is 15.9 Å². The fourth-order valence-corrected chi connectivity index (χ4v) is 6.73. The van der Waals surface area contributed by atoms with Gasteiger partial charge in [-0.05, 0) is 74.2 Å². The molecule has 2 aliphatic heterocycles. The molecule has 0 aromatic heterocycles. The molecule has 2 aliphatic rings. The minimum atomic E-state index is -3.39. The highest BCUT2D eigenvalue weighted by Crippen LogP contribution is 2.35. The van der Waals surface area contributed by atoms with E-state index >= 15 is 0 Å². The number of sulfonamides is 1. The van der Waals surface area contributed by atoms with Crippen LogP contribution < -0.4 is 9.62 Å². The van der Waals surface area contributed by atoms with Gasteiger partial charge in [-0.25, -0.2) is 8.42 Å². The Bertz CT molecular complexity index is 1200. The average molecular weight is 474 g/mol. The van der Waals surface area contributed by atoms with E-state index in [0.29, 0.717) is 29.3 Å². The molecule has 1 saturated heterocycles. The van der Waals surface area contributed by atoms with E-state index in [4.69, 9.17) is 0 Å². The zero-order valence-corrected chi connectivity index (χ0v) is 20.2. The first-order chi connectivity index (χ1) is 15.1. The van der Waals surface area contributed by atoms with Crippen molar-refractivity contribution in [3.63, 3.8) is 0 Å². The standard InChI is InChI=1S/C23H27N3O4S2/c1-14-5-7-19(9-15(14)2)24-22(27)21-12-31-13-25(21)23(28)17-6-8-20-18(11-17)10-16(3)26(20)32(4,29)30/h5-9,11,16,21H,10,12-13H2,1-4H3,(H,24,27). The highest BCUT2D eigenvalue weighted by atomic mass is 32.2. The maximum Gasteiger partial charge on any atom is 0.255 e. The lowest BCUT2D eigenvalue weighted by Gasteiger charge is -2.24. The smallest absolute Gasteiger partial charge is 0.255 e. The van der Waals surface area contributed by atoms with Crippen LogP contribution in [0.2, 0.25) is 0 Å². The Hall–Kier alpha value is -2.52. The van der Waals surface area contributed by atoms with Gasteiger partial charge in [-0.3, -0.25) is 13.9 Å². The summed E-state index contributed by atoms with van der Waals surface area (Å²) in [6.07, 6.45) is 1.74. The quantitative estimate of drug-likeness (QED) is 0.737. The summed E-state index contributed by atoms with van der Waals surface area (Å²) in [6.45, 7) is 5.86. The van der Waals surface area contributed by atoms with Gasteiger partial charge in [0.05, 0.1) is 17.8 Å². The van der Waals surface area contributed by atoms with E-state index in [2.05, 4.69) is 5.32 Å². The Labute approximate surface area is 193 Å². The lowest BCUT2D eigenvalue weighted by molar-refractivity contribution is -0.119. The summed E-state index contributed by atoms with van der Waals surface area (Å²) in [5, 5.41) is 2.94. The van der Waals surface area contributed by atoms with Gasteiger partial charge < -0.3 is 10.2 Å². The van der Waals surface area contributed by atoms with Crippen molar-refractivity contribution in [1.82, 2.24) is 4.90 Å². The van der Waals surface area contributed by atoms with Crippen LogP contribution in [-0.4, -0.2) is 55.1 Å². The number of rotatable bonds is 4. The third-order valence-corrected chi connectivity index (χ3v) is 8.34. The van der Waals surface area contributed by atoms with Crippen molar-refractivity contribution in [3.8, 4) is 0 Å². The number of hydrogen-bond donors (Lipinski definition) is 1. The SMILES string of the molecule is Cc1ccc(NC(=O)C2CSCN2C(=O)c2ccc3c(c2)CC(C)N3S(C)(=O)=O)cc1C. The molecule has 170 valence electrons. The number of thioether (sulfide) groups is 1. The molecule has 32 heavy (non-hydrogen) atoms. The highest BCUT2D eigenvalue weighted by molar-refractivity contribution is 7.99. The normalized spacial score (nSPS) is 20.4. The topological polar surface area (TPSA) is 86.8 Å². The van der Waals surface area contributed by atoms with E-state index in [-0.39, 0.29) is 17.9 Å². The van der Waals surface area contributed by atoms with Gasteiger partial charge in [0.15, 0.2) is 0 Å². The predicted octanol–water partition coefficient (Wildman–Crippen LogP) is 3.17. The molecule has 2 unspecified atom stereocenters. The van der Waals surface area contributed by atoms with Gasteiger partial charge in [-0.2, -0.15) is 0 Å². The number of carbonyl (C=O) groups excluding carboxylic acids is 2. The third-order valence-electron chi connectivity index (χ3n) is 6.06. The molecule has 0 saturated carbocycles. The van der Waals surface area contributed by atoms with Crippen LogP contribution in [0, 0.1) is 13.8 Å². The monoisotopic (exact) mass is 473 g/mol. The molecule has 1 fully saturated rings. The number of nitrogens with zero attached hydrogens (tertiary/aromatic N) is 2. The first-order valence-corrected chi connectivity index (χ1v) is 13.5. The average Bonchev–Trinajstić information content (AvgIpc) is 3.33. The number of fused-ring (bicyclic) bond motifs is 1. The molecule has 1 N–H and O–H groups in total. The summed E-state index contributed by atoms with van der Waals surface area (Å²) in [7, 11) is -3.39. The molecular weight excluding hydrogens is 446 g/mol. The number of benzene rings is 2. The maximum absolute atomic E-state index is 13.3. The van der Waals surface area contributed by atoms with E-state index in [9.17, 15) is 18.0 Å². The number of carbonyl (C=O) groups is 2. The number of amides is 2. The summed E-state index contributed by atoms with van der Waals surface area (Å²) in [4.78, 5) is 27.8. The molecule has 7 nitrogen and oxygen atoms in total. The molecule has 0 aliphatic carbocycles. The van der Waals surface area contributed by atoms with E-state index in [0.717, 1.165) is 22.4 Å². The zero-order chi connectivity index (χ0) is 23.2. The summed E-state index contributed by atoms with van der Waals surface area (Å²) in [6, 6.07) is 10.1. The van der Waals surface area contributed by atoms with Crippen LogP contribution in [0.5, 0.6) is 0 Å². The van der Waals surface area contributed by atoms with Crippen molar-refractivity contribution < 1.29 is 18.0 Å². The summed E-state index contributed by atoms with van der Waals surface area (Å²) >= 11 is 1.54. The number of nitrogens with one attached hydrogen (secondary N) is 1. The van der Waals surface area contributed by atoms with Crippen molar-refractivity contribution in [3.05, 3.63) is 58.7 Å². The largest absolute Gasteiger partial charge is 0.324 e. The molecule has 2 heterocycles. The Morgan fingerprint density at radius 1 is 1.09 bits per heavy atom. The van der Waals surface area contributed by atoms with Crippen molar-refractivity contribution in [2.75, 3.05) is 27.5 Å². The van der Waals surface area contributed by atoms with Crippen LogP contribution in [-0.2, 0) is 21.2 Å². The van der Waals surface area contributed by atoms with Gasteiger partial charge >= 0.3 is 0 Å². The Balaban J connectivity index is 1.53. The summed E-state index contributed by atoms with van der Waals surface area (Å²) in [5.74, 6) is 0.548. The third kappa shape index (κ3) is 4.23. The number of hydrogen-bond acceptors (Lipinski definition) is 5. The molecule has 2 aromatic rings. The second-order valence-corrected chi connectivity index (χ2v) is 11.4. The second kappa shape index (κ2) is 8.44. The predicted molar refractivity (Wildman–Crippen MR) is 129 cm³/mol. The molecule has 2 atom stereocenters. The van der Waals surface area contributed by atoms with Crippen LogP contribution in [0.1, 0.15) is 34.0 Å². The molecule has 0 bridgehead atoms. The second-order valence-electron chi connectivity index (χ2n) is 8.53. The van der Waals surface area contributed by atoms with E-state index < -0.39 is 16.1 Å². The Morgan fingerprint density at radius 3 is 2.53 bits per heavy atom. The Kier molecular flexibility index (Phi) is 5.98. The van der Waals surface area contributed by atoms with Crippen LogP contribution in [0.15, 0.2) is 36.4 Å². The molecule has 0 spiro atoms. The van der Waals surface area contributed by atoms with E-state index in [1.165, 1.54) is 10.6 Å². The summed E-state index contributed by atoms with van der Waals surface area (Å²) < 4.78 is 25.7. The van der Waals surface area contributed by atoms with Crippen molar-refractivity contribution >= 4 is 45.0 Å². The van der Waals surface area contributed by atoms with Crippen molar-refractivity contribution in [1.29, 1.82) is 0 Å². The van der Waals surface area contributed by atoms with Gasteiger partial charge in [0.25, 0.3) is 5.91 Å². The van der Waals surface area contributed by atoms with Crippen molar-refractivity contribution in [2.45, 2.75) is 39.3 Å². The first-order valence-electron chi connectivity index (χ1n) is 10.5. The molecule has 0 radical (unpaired) electrons. The maximum atomic E-state index is 13.3. The lowest BCUT2D eigenvalue weighted by atomic mass is 10.1. The van der Waals surface area contributed by atoms with E-state index in [1.54, 1.807) is 34.9 Å². The van der Waals surface area contributed by atoms with Crippen LogP contribution >= 0.6 is 11.8 Å². The molecule has 2 aromatic carbocycles. The van der Waals surface area contributed by atoms with Gasteiger partial charge in [0, 0.05) is 23.0 Å². The van der Waals surface area contributed by atoms with E-state index in [1.807, 2.05) is 39.0 Å². The van der Waals surface area contributed by atoms with Crippen LogP contribution in [0.4, 0.5) is 11.4 Å². The van der Waals surface area contributed by atoms with Crippen molar-refractivity contribution in [2.24, 2.45) is 0 Å². The fourth-order valence-electron chi connectivity index (χ4n) is 4.31. The minimum Gasteiger partial charge on any atom is -0.324 e. The lowest BCUT2D eigenvalue weighted by Crippen LogP contribution is -2.44. The molecule has 4 rings (SSSR count). The fraction of sp³-hybridized carbons (Fsp3) is 0.391. The van der Waals surface area contributed by atoms with Gasteiger partial charge in [-0.1, -0.05) is 6.07 Å². The Morgan fingerprint density at radius 2 is 1.84 bits per heavy atom. The minimum absolute atomic E-state index is 0.191. The molecular formula is C23H27N3O4S2. The molecule has 2 amide bonds. The molecule has 9 heteroatoms. The number of anilines is 2. The van der Waals surface area contributed by atoms with Crippen LogP contribution in [0.3, 0.4) is 0 Å². The van der Waals surface area contributed by atoms with Gasteiger partial charge in [-0.15, -0.1) is 11.8 Å². The van der Waals surface area contributed by atoms with Gasteiger partial charge in [0.1, 0.15) is 6.04 Å². The first kappa shape index (κ1) is 22.7. The zero-order valence-electron chi connectivity index (χ0n) is 18.6. The highest BCUT2D eigenvalue weighted by Gasteiger charge is 2.37. The number of aryl methyl sites for hydroxylation is 2. The summed E-state index contributed by atoms with van der Waals surface area (Å²) in [5.41, 5.74) is 4.88.